The molecule has 0 saturated heterocycles. The standard InChI is InChI=1S/C15H11N3OS2/c1-9-3-5-10(6-4-9)18-14(19)11(7-16)13(21-2)12(8-17)15(18)20/h3-6,12H,1-2H3. The van der Waals surface area contributed by atoms with Crippen molar-refractivity contribution in [3.05, 3.63) is 40.3 Å². The van der Waals surface area contributed by atoms with Gasteiger partial charge in [-0.3, -0.25) is 9.69 Å². The topological polar surface area (TPSA) is 67.9 Å². The molecule has 0 aromatic heterocycles. The Bertz CT molecular complexity index is 723. The lowest BCUT2D eigenvalue weighted by atomic mass is 9.99. The van der Waals surface area contributed by atoms with Gasteiger partial charge in [0.25, 0.3) is 5.91 Å². The Morgan fingerprint density at radius 3 is 2.38 bits per heavy atom. The monoisotopic (exact) mass is 313 g/mol. The summed E-state index contributed by atoms with van der Waals surface area (Å²) < 4.78 is 0. The van der Waals surface area contributed by atoms with E-state index in [0.717, 1.165) is 5.56 Å². The van der Waals surface area contributed by atoms with Crippen LogP contribution < -0.4 is 4.90 Å². The van der Waals surface area contributed by atoms with Crippen LogP contribution >= 0.6 is 24.0 Å². The lowest BCUT2D eigenvalue weighted by Crippen LogP contribution is -2.45. The van der Waals surface area contributed by atoms with Crippen molar-refractivity contribution < 1.29 is 4.79 Å². The van der Waals surface area contributed by atoms with Crippen LogP contribution in [0.5, 0.6) is 0 Å². The molecule has 1 aliphatic heterocycles. The average Bonchev–Trinajstić information content (AvgIpc) is 2.48. The number of benzene rings is 1. The van der Waals surface area contributed by atoms with Crippen LogP contribution in [0.3, 0.4) is 0 Å². The van der Waals surface area contributed by atoms with Crippen molar-refractivity contribution in [3.63, 3.8) is 0 Å². The summed E-state index contributed by atoms with van der Waals surface area (Å²) in [5.41, 5.74) is 1.61. The maximum absolute atomic E-state index is 12.5. The van der Waals surface area contributed by atoms with Crippen LogP contribution in [0.2, 0.25) is 0 Å². The first-order valence-corrected chi connectivity index (χ1v) is 7.71. The van der Waals surface area contributed by atoms with Gasteiger partial charge in [-0.15, -0.1) is 11.8 Å². The van der Waals surface area contributed by atoms with Crippen molar-refractivity contribution >= 4 is 40.6 Å². The zero-order chi connectivity index (χ0) is 15.6. The van der Waals surface area contributed by atoms with Gasteiger partial charge in [0, 0.05) is 10.6 Å². The molecule has 0 N–H and O–H groups in total. The quantitative estimate of drug-likeness (QED) is 0.785. The molecular formula is C15H11N3OS2. The molecule has 1 aliphatic rings. The predicted molar refractivity (Wildman–Crippen MR) is 86.5 cm³/mol. The zero-order valence-corrected chi connectivity index (χ0v) is 13.1. The minimum absolute atomic E-state index is 0.0109. The number of thioether (sulfide) groups is 1. The van der Waals surface area contributed by atoms with Crippen molar-refractivity contribution in [1.82, 2.24) is 0 Å². The van der Waals surface area contributed by atoms with Crippen LogP contribution in [0.15, 0.2) is 34.7 Å². The fourth-order valence-corrected chi connectivity index (χ4v) is 3.25. The summed E-state index contributed by atoms with van der Waals surface area (Å²) in [6.07, 6.45) is 1.73. The van der Waals surface area contributed by atoms with Gasteiger partial charge in [-0.1, -0.05) is 29.9 Å². The third-order valence-electron chi connectivity index (χ3n) is 3.15. The summed E-state index contributed by atoms with van der Waals surface area (Å²) in [5, 5.41) is 18.6. The van der Waals surface area contributed by atoms with Crippen LogP contribution in [0, 0.1) is 35.5 Å². The van der Waals surface area contributed by atoms with E-state index < -0.39 is 11.8 Å². The van der Waals surface area contributed by atoms with Crippen molar-refractivity contribution in [2.24, 2.45) is 5.92 Å². The van der Waals surface area contributed by atoms with Gasteiger partial charge in [0.1, 0.15) is 22.5 Å². The molecule has 1 amide bonds. The SMILES string of the molecule is CSC1=C(C#N)C(=O)N(c2ccc(C)cc2)C(=S)C1C#N. The third-order valence-corrected chi connectivity index (χ3v) is 4.44. The van der Waals surface area contributed by atoms with E-state index in [4.69, 9.17) is 12.2 Å². The number of thiocarbonyl (C=S) groups is 1. The largest absolute Gasteiger partial charge is 0.274 e. The summed E-state index contributed by atoms with van der Waals surface area (Å²) in [5.74, 6) is -1.22. The molecule has 6 heteroatoms. The Morgan fingerprint density at radius 2 is 1.90 bits per heavy atom. The minimum Gasteiger partial charge on any atom is -0.268 e. The summed E-state index contributed by atoms with van der Waals surface area (Å²) in [6.45, 7) is 1.94. The molecule has 0 aliphatic carbocycles. The second kappa shape index (κ2) is 6.09. The first-order valence-electron chi connectivity index (χ1n) is 6.08. The summed E-state index contributed by atoms with van der Waals surface area (Å²) in [4.78, 5) is 14.4. The fourth-order valence-electron chi connectivity index (χ4n) is 2.08. The van der Waals surface area contributed by atoms with E-state index in [0.29, 0.717) is 10.6 Å². The van der Waals surface area contributed by atoms with Crippen molar-refractivity contribution in [1.29, 1.82) is 10.5 Å². The Hall–Kier alpha value is -2.15. The van der Waals surface area contributed by atoms with Crippen LogP contribution in [0.1, 0.15) is 5.56 Å². The molecule has 0 spiro atoms. The molecule has 0 saturated carbocycles. The minimum atomic E-state index is -0.747. The molecular weight excluding hydrogens is 302 g/mol. The molecule has 0 fully saturated rings. The number of aryl methyl sites for hydroxylation is 1. The van der Waals surface area contributed by atoms with E-state index in [1.807, 2.05) is 25.1 Å². The van der Waals surface area contributed by atoms with E-state index in [-0.39, 0.29) is 10.6 Å². The lowest BCUT2D eigenvalue weighted by molar-refractivity contribution is -0.114. The van der Waals surface area contributed by atoms with Gasteiger partial charge in [0.2, 0.25) is 0 Å². The maximum Gasteiger partial charge on any atom is 0.274 e. The molecule has 2 rings (SSSR count). The molecule has 4 nitrogen and oxygen atoms in total. The first kappa shape index (κ1) is 15.2. The number of anilines is 1. The van der Waals surface area contributed by atoms with Crippen LogP contribution in [-0.4, -0.2) is 17.2 Å². The highest BCUT2D eigenvalue weighted by Crippen LogP contribution is 2.35. The highest BCUT2D eigenvalue weighted by atomic mass is 32.2. The Kier molecular flexibility index (Phi) is 4.42. The van der Waals surface area contributed by atoms with Gasteiger partial charge in [0.05, 0.1) is 6.07 Å². The van der Waals surface area contributed by atoms with E-state index in [1.165, 1.54) is 16.7 Å². The summed E-state index contributed by atoms with van der Waals surface area (Å²) in [6, 6.07) is 11.2. The van der Waals surface area contributed by atoms with Crippen molar-refractivity contribution in [2.75, 3.05) is 11.2 Å². The normalized spacial score (nSPS) is 18.5. The molecule has 1 aromatic rings. The maximum atomic E-state index is 12.5. The van der Waals surface area contributed by atoms with Crippen molar-refractivity contribution in [2.45, 2.75) is 6.92 Å². The molecule has 104 valence electrons. The Morgan fingerprint density at radius 1 is 1.29 bits per heavy atom. The highest BCUT2D eigenvalue weighted by molar-refractivity contribution is 8.02. The Labute approximate surface area is 132 Å². The van der Waals surface area contributed by atoms with E-state index in [1.54, 1.807) is 18.4 Å². The van der Waals surface area contributed by atoms with Crippen LogP contribution in [0.25, 0.3) is 0 Å². The second-order valence-corrected chi connectivity index (χ2v) is 5.70. The van der Waals surface area contributed by atoms with E-state index in [2.05, 4.69) is 6.07 Å². The van der Waals surface area contributed by atoms with Gasteiger partial charge in [-0.05, 0) is 25.3 Å². The van der Waals surface area contributed by atoms with Gasteiger partial charge < -0.3 is 0 Å². The third kappa shape index (κ3) is 2.56. The first-order chi connectivity index (χ1) is 10.0. The number of nitrogens with zero attached hydrogens (tertiary/aromatic N) is 3. The molecule has 1 aromatic carbocycles. The molecule has 1 atom stereocenters. The molecule has 0 radical (unpaired) electrons. The number of hydrogen-bond acceptors (Lipinski definition) is 5. The van der Waals surface area contributed by atoms with E-state index >= 15 is 0 Å². The number of rotatable bonds is 2. The molecule has 1 heterocycles. The number of nitriles is 2. The van der Waals surface area contributed by atoms with Crippen molar-refractivity contribution in [3.8, 4) is 12.1 Å². The highest BCUT2D eigenvalue weighted by Gasteiger charge is 2.39. The van der Waals surface area contributed by atoms with Gasteiger partial charge in [0.15, 0.2) is 0 Å². The molecule has 0 bridgehead atoms. The summed E-state index contributed by atoms with van der Waals surface area (Å²) in [7, 11) is 0. The number of amides is 1. The van der Waals surface area contributed by atoms with Gasteiger partial charge in [-0.25, -0.2) is 0 Å². The molecule has 21 heavy (non-hydrogen) atoms. The number of hydrogen-bond donors (Lipinski definition) is 0. The Balaban J connectivity index is 2.60. The lowest BCUT2D eigenvalue weighted by Gasteiger charge is -2.31. The smallest absolute Gasteiger partial charge is 0.268 e. The van der Waals surface area contributed by atoms with Gasteiger partial charge in [-0.2, -0.15) is 10.5 Å². The van der Waals surface area contributed by atoms with Crippen LogP contribution in [-0.2, 0) is 4.79 Å². The average molecular weight is 313 g/mol. The number of carbonyl (C=O) groups excluding carboxylic acids is 1. The zero-order valence-electron chi connectivity index (χ0n) is 11.5. The van der Waals surface area contributed by atoms with Gasteiger partial charge >= 0.3 is 0 Å². The van der Waals surface area contributed by atoms with E-state index in [9.17, 15) is 15.3 Å². The van der Waals surface area contributed by atoms with Crippen LogP contribution in [0.4, 0.5) is 5.69 Å². The predicted octanol–water partition coefficient (Wildman–Crippen LogP) is 2.95. The fraction of sp³-hybridized carbons (Fsp3) is 0.200. The number of carbonyl (C=O) groups is 1. The second-order valence-electron chi connectivity index (χ2n) is 4.43. The molecule has 1 unspecified atom stereocenters. The summed E-state index contributed by atoms with van der Waals surface area (Å²) >= 11 is 6.53.